The van der Waals surface area contributed by atoms with Gasteiger partial charge in [-0.3, -0.25) is 5.32 Å². The number of carbonyl (C=O) groups is 1. The van der Waals surface area contributed by atoms with Gasteiger partial charge in [-0.05, 0) is 32.3 Å². The first-order chi connectivity index (χ1) is 9.52. The summed E-state index contributed by atoms with van der Waals surface area (Å²) in [6.07, 6.45) is 1.79. The maximum Gasteiger partial charge on any atom is 0.327 e. The van der Waals surface area contributed by atoms with Gasteiger partial charge in [-0.25, -0.2) is 4.79 Å². The van der Waals surface area contributed by atoms with Crippen molar-refractivity contribution in [3.05, 3.63) is 35.9 Å². The monoisotopic (exact) mass is 277 g/mol. The third-order valence-corrected chi connectivity index (χ3v) is 3.67. The average molecular weight is 277 g/mol. The van der Waals surface area contributed by atoms with E-state index < -0.39 is 6.04 Å². The van der Waals surface area contributed by atoms with Gasteiger partial charge in [0, 0.05) is 12.6 Å². The van der Waals surface area contributed by atoms with Gasteiger partial charge >= 0.3 is 5.97 Å². The highest BCUT2D eigenvalue weighted by Crippen LogP contribution is 2.26. The fourth-order valence-electron chi connectivity index (χ4n) is 2.67. The van der Waals surface area contributed by atoms with E-state index in [9.17, 15) is 4.79 Å². The van der Waals surface area contributed by atoms with Crippen molar-refractivity contribution in [2.75, 3.05) is 13.7 Å². The molecule has 2 atom stereocenters. The third kappa shape index (κ3) is 3.81. The van der Waals surface area contributed by atoms with Crippen LogP contribution in [0.2, 0.25) is 0 Å². The number of hydrogen-bond acceptors (Lipinski definition) is 4. The van der Waals surface area contributed by atoms with Crippen molar-refractivity contribution in [2.24, 2.45) is 0 Å². The predicted molar refractivity (Wildman–Crippen MR) is 77.4 cm³/mol. The molecule has 0 spiro atoms. The minimum Gasteiger partial charge on any atom is -0.468 e. The van der Waals surface area contributed by atoms with E-state index in [1.165, 1.54) is 7.11 Å². The van der Waals surface area contributed by atoms with E-state index >= 15 is 0 Å². The van der Waals surface area contributed by atoms with E-state index in [0.717, 1.165) is 18.4 Å². The van der Waals surface area contributed by atoms with E-state index in [1.807, 2.05) is 30.3 Å². The van der Waals surface area contributed by atoms with Crippen LogP contribution in [-0.2, 0) is 14.3 Å². The van der Waals surface area contributed by atoms with Crippen molar-refractivity contribution in [1.82, 2.24) is 5.32 Å². The Morgan fingerprint density at radius 2 is 2.10 bits per heavy atom. The highest BCUT2D eigenvalue weighted by Gasteiger charge is 2.32. The van der Waals surface area contributed by atoms with Crippen LogP contribution in [0, 0.1) is 0 Å². The molecule has 1 fully saturated rings. The first-order valence-electron chi connectivity index (χ1n) is 7.04. The molecule has 110 valence electrons. The average Bonchev–Trinajstić information content (AvgIpc) is 2.44. The molecule has 0 amide bonds. The highest BCUT2D eigenvalue weighted by molar-refractivity contribution is 5.77. The Balaban J connectivity index is 2.11. The molecule has 1 aromatic carbocycles. The number of ether oxygens (including phenoxy) is 2. The second kappa shape index (κ2) is 6.37. The van der Waals surface area contributed by atoms with Crippen LogP contribution < -0.4 is 5.32 Å². The maximum absolute atomic E-state index is 12.0. The lowest BCUT2D eigenvalue weighted by Crippen LogP contribution is -2.46. The zero-order chi connectivity index (χ0) is 14.6. The number of methoxy groups -OCH3 is 1. The van der Waals surface area contributed by atoms with Gasteiger partial charge in [0.25, 0.3) is 0 Å². The molecule has 0 aromatic heterocycles. The zero-order valence-corrected chi connectivity index (χ0v) is 12.4. The lowest BCUT2D eigenvalue weighted by atomic mass is 9.92. The summed E-state index contributed by atoms with van der Waals surface area (Å²) in [5.74, 6) is -0.250. The first-order valence-corrected chi connectivity index (χ1v) is 7.04. The SMILES string of the molecule is COC(=O)C(NC1CCOC(C)(C)C1)c1ccccc1. The van der Waals surface area contributed by atoms with Gasteiger partial charge in [0.05, 0.1) is 12.7 Å². The van der Waals surface area contributed by atoms with Gasteiger partial charge in [0.2, 0.25) is 0 Å². The Bertz CT molecular complexity index is 444. The summed E-state index contributed by atoms with van der Waals surface area (Å²) >= 11 is 0. The Morgan fingerprint density at radius 3 is 2.70 bits per heavy atom. The van der Waals surface area contributed by atoms with Gasteiger partial charge < -0.3 is 9.47 Å². The van der Waals surface area contributed by atoms with E-state index in [0.29, 0.717) is 6.61 Å². The largest absolute Gasteiger partial charge is 0.468 e. The summed E-state index contributed by atoms with van der Waals surface area (Å²) in [5.41, 5.74) is 0.788. The molecule has 20 heavy (non-hydrogen) atoms. The second-order valence-corrected chi connectivity index (χ2v) is 5.83. The molecule has 4 heteroatoms. The summed E-state index contributed by atoms with van der Waals surface area (Å²) in [6.45, 7) is 4.88. The maximum atomic E-state index is 12.0. The molecule has 1 aliphatic heterocycles. The molecule has 0 saturated carbocycles. The van der Waals surface area contributed by atoms with Crippen LogP contribution >= 0.6 is 0 Å². The lowest BCUT2D eigenvalue weighted by Gasteiger charge is -2.37. The van der Waals surface area contributed by atoms with Crippen molar-refractivity contribution in [3.8, 4) is 0 Å². The minimum atomic E-state index is -0.417. The summed E-state index contributed by atoms with van der Waals surface area (Å²) < 4.78 is 10.6. The third-order valence-electron chi connectivity index (χ3n) is 3.67. The fraction of sp³-hybridized carbons (Fsp3) is 0.562. The van der Waals surface area contributed by atoms with E-state index in [4.69, 9.17) is 9.47 Å². The number of benzene rings is 1. The molecular weight excluding hydrogens is 254 g/mol. The normalized spacial score (nSPS) is 23.1. The number of rotatable bonds is 4. The zero-order valence-electron chi connectivity index (χ0n) is 12.4. The summed E-state index contributed by atoms with van der Waals surface area (Å²) in [7, 11) is 1.42. The first kappa shape index (κ1) is 15.0. The molecule has 1 saturated heterocycles. The number of nitrogens with one attached hydrogen (secondary N) is 1. The summed E-state index contributed by atoms with van der Waals surface area (Å²) in [6, 6.07) is 9.53. The van der Waals surface area contributed by atoms with Crippen molar-refractivity contribution in [2.45, 2.75) is 44.4 Å². The molecule has 2 unspecified atom stereocenters. The van der Waals surface area contributed by atoms with Crippen molar-refractivity contribution >= 4 is 5.97 Å². The second-order valence-electron chi connectivity index (χ2n) is 5.83. The Hall–Kier alpha value is -1.39. The van der Waals surface area contributed by atoms with Gasteiger partial charge in [0.1, 0.15) is 6.04 Å². The van der Waals surface area contributed by atoms with Crippen molar-refractivity contribution in [1.29, 1.82) is 0 Å². The van der Waals surface area contributed by atoms with Crippen LogP contribution in [0.25, 0.3) is 0 Å². The quantitative estimate of drug-likeness (QED) is 0.859. The van der Waals surface area contributed by atoms with Crippen molar-refractivity contribution < 1.29 is 14.3 Å². The van der Waals surface area contributed by atoms with E-state index in [1.54, 1.807) is 0 Å². The Labute approximate surface area is 120 Å². The van der Waals surface area contributed by atoms with Crippen LogP contribution in [-0.4, -0.2) is 31.3 Å². The standard InChI is InChI=1S/C16H23NO3/c1-16(2)11-13(9-10-20-16)17-14(15(18)19-3)12-7-5-4-6-8-12/h4-8,13-14,17H,9-11H2,1-3H3. The summed E-state index contributed by atoms with van der Waals surface area (Å²) in [4.78, 5) is 12.0. The fourth-order valence-corrected chi connectivity index (χ4v) is 2.67. The number of hydrogen-bond donors (Lipinski definition) is 1. The lowest BCUT2D eigenvalue weighted by molar-refractivity contribution is -0.144. The van der Waals surface area contributed by atoms with Crippen LogP contribution in [0.15, 0.2) is 30.3 Å². The van der Waals surface area contributed by atoms with Gasteiger partial charge in [0.15, 0.2) is 0 Å². The van der Waals surface area contributed by atoms with Crippen LogP contribution in [0.1, 0.15) is 38.3 Å². The van der Waals surface area contributed by atoms with Crippen LogP contribution in [0.4, 0.5) is 0 Å². The molecule has 1 N–H and O–H groups in total. The molecule has 0 bridgehead atoms. The minimum absolute atomic E-state index is 0.146. The molecule has 2 rings (SSSR count). The smallest absolute Gasteiger partial charge is 0.327 e. The van der Waals surface area contributed by atoms with Crippen LogP contribution in [0.3, 0.4) is 0 Å². The topological polar surface area (TPSA) is 47.6 Å². The van der Waals surface area contributed by atoms with E-state index in [-0.39, 0.29) is 17.6 Å². The molecule has 1 aromatic rings. The Morgan fingerprint density at radius 1 is 1.40 bits per heavy atom. The molecule has 4 nitrogen and oxygen atoms in total. The van der Waals surface area contributed by atoms with Gasteiger partial charge in [-0.2, -0.15) is 0 Å². The molecule has 0 aliphatic carbocycles. The predicted octanol–water partition coefficient (Wildman–Crippen LogP) is 2.45. The molecular formula is C16H23NO3. The molecule has 1 aliphatic rings. The molecule has 0 radical (unpaired) electrons. The van der Waals surface area contributed by atoms with Gasteiger partial charge in [-0.15, -0.1) is 0 Å². The van der Waals surface area contributed by atoms with Gasteiger partial charge in [-0.1, -0.05) is 30.3 Å². The summed E-state index contributed by atoms with van der Waals surface area (Å²) in [5, 5.41) is 3.42. The number of carbonyl (C=O) groups excluding carboxylic acids is 1. The molecule has 1 heterocycles. The highest BCUT2D eigenvalue weighted by atomic mass is 16.5. The van der Waals surface area contributed by atoms with Crippen LogP contribution in [0.5, 0.6) is 0 Å². The van der Waals surface area contributed by atoms with Crippen molar-refractivity contribution in [3.63, 3.8) is 0 Å². The Kier molecular flexibility index (Phi) is 4.78. The van der Waals surface area contributed by atoms with E-state index in [2.05, 4.69) is 19.2 Å². The number of esters is 1.